The van der Waals surface area contributed by atoms with E-state index in [1.165, 1.54) is 29.2 Å². The number of thiazole rings is 1. The average molecular weight is 481 g/mol. The zero-order valence-corrected chi connectivity index (χ0v) is 19.6. The molecule has 9 heteroatoms. The predicted molar refractivity (Wildman–Crippen MR) is 131 cm³/mol. The highest BCUT2D eigenvalue weighted by molar-refractivity contribution is 7.98. The molecule has 6 nitrogen and oxygen atoms in total. The van der Waals surface area contributed by atoms with Gasteiger partial charge in [0.2, 0.25) is 0 Å². The van der Waals surface area contributed by atoms with Crippen molar-refractivity contribution in [1.82, 2.24) is 18.9 Å². The lowest BCUT2D eigenvalue weighted by Gasteiger charge is -2.14. The van der Waals surface area contributed by atoms with E-state index in [4.69, 9.17) is 16.6 Å². The molecular weight excluding hydrogens is 464 g/mol. The fraction of sp³-hybridized carbons (Fsp3) is 0.130. The zero-order valence-electron chi connectivity index (χ0n) is 17.2. The van der Waals surface area contributed by atoms with E-state index >= 15 is 0 Å². The van der Waals surface area contributed by atoms with Crippen LogP contribution in [0.5, 0.6) is 0 Å². The summed E-state index contributed by atoms with van der Waals surface area (Å²) in [4.78, 5) is 35.9. The van der Waals surface area contributed by atoms with Gasteiger partial charge in [0, 0.05) is 27.9 Å². The molecular formula is C23H17ClN4O2S2. The van der Waals surface area contributed by atoms with Gasteiger partial charge in [0.15, 0.2) is 10.1 Å². The van der Waals surface area contributed by atoms with Crippen LogP contribution in [-0.4, -0.2) is 18.9 Å². The van der Waals surface area contributed by atoms with Crippen LogP contribution in [0.2, 0.25) is 5.02 Å². The SMILES string of the molecule is Cc1cccc(-n2c(SCc3cc(=O)n4c(C)csc4n3)nc3cc(Cl)ccc3c2=O)c1. The van der Waals surface area contributed by atoms with E-state index in [-0.39, 0.29) is 11.1 Å². The first-order valence-corrected chi connectivity index (χ1v) is 12.0. The van der Waals surface area contributed by atoms with Gasteiger partial charge in [0.05, 0.1) is 22.3 Å². The van der Waals surface area contributed by atoms with E-state index in [0.29, 0.717) is 37.5 Å². The minimum atomic E-state index is -0.169. The maximum absolute atomic E-state index is 13.4. The van der Waals surface area contributed by atoms with Crippen molar-refractivity contribution in [2.75, 3.05) is 0 Å². The van der Waals surface area contributed by atoms with E-state index in [1.54, 1.807) is 27.2 Å². The van der Waals surface area contributed by atoms with Crippen LogP contribution in [0.15, 0.2) is 68.7 Å². The van der Waals surface area contributed by atoms with Crippen LogP contribution in [0.25, 0.3) is 21.6 Å². The fourth-order valence-electron chi connectivity index (χ4n) is 3.54. The van der Waals surface area contributed by atoms with Gasteiger partial charge in [0.1, 0.15) is 0 Å². The van der Waals surface area contributed by atoms with Crippen LogP contribution < -0.4 is 11.1 Å². The minimum absolute atomic E-state index is 0.112. The van der Waals surface area contributed by atoms with E-state index in [9.17, 15) is 9.59 Å². The van der Waals surface area contributed by atoms with Crippen LogP contribution in [-0.2, 0) is 5.75 Å². The molecule has 0 bridgehead atoms. The second kappa shape index (κ2) is 8.20. The zero-order chi connectivity index (χ0) is 22.4. The molecule has 0 aliphatic carbocycles. The van der Waals surface area contributed by atoms with Crippen molar-refractivity contribution in [2.45, 2.75) is 24.8 Å². The van der Waals surface area contributed by atoms with Crippen LogP contribution in [0.4, 0.5) is 0 Å². The van der Waals surface area contributed by atoms with Gasteiger partial charge in [-0.2, -0.15) is 0 Å². The number of aryl methyl sites for hydroxylation is 2. The van der Waals surface area contributed by atoms with Gasteiger partial charge in [-0.15, -0.1) is 11.3 Å². The second-order valence-electron chi connectivity index (χ2n) is 7.40. The molecule has 0 fully saturated rings. The number of rotatable bonds is 4. The monoisotopic (exact) mass is 480 g/mol. The van der Waals surface area contributed by atoms with E-state index < -0.39 is 0 Å². The van der Waals surface area contributed by atoms with Crippen molar-refractivity contribution in [3.63, 3.8) is 0 Å². The molecule has 0 unspecified atom stereocenters. The lowest BCUT2D eigenvalue weighted by Crippen LogP contribution is -2.22. The van der Waals surface area contributed by atoms with Gasteiger partial charge < -0.3 is 0 Å². The van der Waals surface area contributed by atoms with Crippen LogP contribution >= 0.6 is 34.7 Å². The number of hydrogen-bond donors (Lipinski definition) is 0. The molecule has 3 aromatic heterocycles. The number of aromatic nitrogens is 4. The fourth-order valence-corrected chi connectivity index (χ4v) is 5.51. The highest BCUT2D eigenvalue weighted by Crippen LogP contribution is 2.26. The van der Waals surface area contributed by atoms with Crippen molar-refractivity contribution in [1.29, 1.82) is 0 Å². The Hall–Kier alpha value is -2.94. The molecule has 160 valence electrons. The molecule has 0 amide bonds. The Morgan fingerprint density at radius 3 is 2.72 bits per heavy atom. The Bertz CT molecular complexity index is 1620. The van der Waals surface area contributed by atoms with E-state index in [0.717, 1.165) is 16.9 Å². The summed E-state index contributed by atoms with van der Waals surface area (Å²) in [6, 6.07) is 14.3. The average Bonchev–Trinajstić information content (AvgIpc) is 3.13. The maximum Gasteiger partial charge on any atom is 0.266 e. The molecule has 5 aromatic rings. The number of benzene rings is 2. The minimum Gasteiger partial charge on any atom is -0.269 e. The molecule has 0 aliphatic rings. The summed E-state index contributed by atoms with van der Waals surface area (Å²) >= 11 is 8.94. The molecule has 0 atom stereocenters. The van der Waals surface area contributed by atoms with Crippen LogP contribution in [0, 0.1) is 13.8 Å². The molecule has 2 aromatic carbocycles. The molecule has 0 radical (unpaired) electrons. The first-order chi connectivity index (χ1) is 15.4. The van der Waals surface area contributed by atoms with Crippen molar-refractivity contribution in [3.8, 4) is 5.69 Å². The highest BCUT2D eigenvalue weighted by Gasteiger charge is 2.15. The number of nitrogens with zero attached hydrogens (tertiary/aromatic N) is 4. The molecule has 32 heavy (non-hydrogen) atoms. The first kappa shape index (κ1) is 20.9. The number of halogens is 1. The Labute approximate surface area is 196 Å². The Balaban J connectivity index is 1.63. The van der Waals surface area contributed by atoms with Crippen LogP contribution in [0.3, 0.4) is 0 Å². The molecule has 3 heterocycles. The third-order valence-electron chi connectivity index (χ3n) is 5.04. The standard InChI is InChI=1S/C23H17ClN4O2S2/c1-13-4-3-5-17(8-13)28-21(30)18-7-6-15(24)9-19(18)26-23(28)32-12-16-10-20(29)27-14(2)11-31-22(27)25-16/h3-11H,12H2,1-2H3. The topological polar surface area (TPSA) is 69.3 Å². The van der Waals surface area contributed by atoms with Gasteiger partial charge in [-0.3, -0.25) is 18.6 Å². The third kappa shape index (κ3) is 3.74. The maximum atomic E-state index is 13.4. The van der Waals surface area contributed by atoms with Crippen molar-refractivity contribution < 1.29 is 0 Å². The predicted octanol–water partition coefficient (Wildman–Crippen LogP) is 5.02. The van der Waals surface area contributed by atoms with Gasteiger partial charge in [-0.05, 0) is 49.7 Å². The largest absolute Gasteiger partial charge is 0.269 e. The number of fused-ring (bicyclic) bond motifs is 2. The molecule has 0 saturated carbocycles. The summed E-state index contributed by atoms with van der Waals surface area (Å²) in [5, 5.41) is 3.43. The summed E-state index contributed by atoms with van der Waals surface area (Å²) in [6.45, 7) is 3.86. The molecule has 0 spiro atoms. The highest BCUT2D eigenvalue weighted by atomic mass is 35.5. The molecule has 5 rings (SSSR count). The summed E-state index contributed by atoms with van der Waals surface area (Å²) in [5.41, 5.74) is 3.53. The smallest absolute Gasteiger partial charge is 0.266 e. The Morgan fingerprint density at radius 1 is 1.06 bits per heavy atom. The summed E-state index contributed by atoms with van der Waals surface area (Å²) in [6.07, 6.45) is 0. The second-order valence-corrected chi connectivity index (χ2v) is 9.62. The number of hydrogen-bond acceptors (Lipinski definition) is 6. The first-order valence-electron chi connectivity index (χ1n) is 9.79. The van der Waals surface area contributed by atoms with Crippen molar-refractivity contribution >= 4 is 50.6 Å². The lowest BCUT2D eigenvalue weighted by atomic mass is 10.2. The molecule has 0 saturated heterocycles. The quantitative estimate of drug-likeness (QED) is 0.267. The Morgan fingerprint density at radius 2 is 1.91 bits per heavy atom. The number of thioether (sulfide) groups is 1. The summed E-state index contributed by atoms with van der Waals surface area (Å²) < 4.78 is 3.20. The molecule has 0 aliphatic heterocycles. The van der Waals surface area contributed by atoms with Gasteiger partial charge in [0.25, 0.3) is 11.1 Å². The summed E-state index contributed by atoms with van der Waals surface area (Å²) in [5.74, 6) is 0.396. The van der Waals surface area contributed by atoms with E-state index in [2.05, 4.69) is 4.98 Å². The van der Waals surface area contributed by atoms with Crippen molar-refractivity contribution in [3.05, 3.63) is 96.6 Å². The lowest BCUT2D eigenvalue weighted by molar-refractivity contribution is 0.818. The molecule has 0 N–H and O–H groups in total. The summed E-state index contributed by atoms with van der Waals surface area (Å²) in [7, 11) is 0. The van der Waals surface area contributed by atoms with Gasteiger partial charge in [-0.25, -0.2) is 9.97 Å². The van der Waals surface area contributed by atoms with Gasteiger partial charge in [-0.1, -0.05) is 35.5 Å². The normalized spacial score (nSPS) is 11.5. The van der Waals surface area contributed by atoms with E-state index in [1.807, 2.05) is 43.5 Å². The van der Waals surface area contributed by atoms with Crippen molar-refractivity contribution in [2.24, 2.45) is 0 Å². The van der Waals surface area contributed by atoms with Crippen LogP contribution in [0.1, 0.15) is 17.0 Å². The third-order valence-corrected chi connectivity index (χ3v) is 7.19. The van der Waals surface area contributed by atoms with Gasteiger partial charge >= 0.3 is 0 Å². The Kier molecular flexibility index (Phi) is 5.36.